The summed E-state index contributed by atoms with van der Waals surface area (Å²) in [5.74, 6) is 1.09. The van der Waals surface area contributed by atoms with Gasteiger partial charge >= 0.3 is 0 Å². The molecule has 1 aromatic heterocycles. The van der Waals surface area contributed by atoms with Crippen molar-refractivity contribution in [1.29, 1.82) is 0 Å². The zero-order chi connectivity index (χ0) is 31.6. The smallest absolute Gasteiger partial charge is 0.161 e. The first-order valence-electron chi connectivity index (χ1n) is 15.8. The van der Waals surface area contributed by atoms with Crippen molar-refractivity contribution in [2.45, 2.75) is 13.0 Å². The molecule has 1 heterocycles. The van der Waals surface area contributed by atoms with Gasteiger partial charge in [-0.25, -0.2) is 9.98 Å². The highest BCUT2D eigenvalue weighted by Crippen LogP contribution is 2.35. The van der Waals surface area contributed by atoms with Gasteiger partial charge in [-0.2, -0.15) is 0 Å². The second-order valence-corrected chi connectivity index (χ2v) is 11.6. The van der Waals surface area contributed by atoms with Gasteiger partial charge in [0.2, 0.25) is 0 Å². The second-order valence-electron chi connectivity index (χ2n) is 11.6. The predicted octanol–water partition coefficient (Wildman–Crippen LogP) is 10.9. The van der Waals surface area contributed by atoms with E-state index in [0.717, 1.165) is 56.0 Å². The second kappa shape index (κ2) is 12.3. The third-order valence-corrected chi connectivity index (χ3v) is 8.69. The minimum atomic E-state index is 0.486. The van der Waals surface area contributed by atoms with Crippen molar-refractivity contribution in [3.05, 3.63) is 174 Å². The number of hydrogen-bond acceptors (Lipinski definition) is 2. The SMILES string of the molecule is C=N/C(=N\C(=N/Cc1ccccc1)c1ccc2c(ccc3ccccc32)c1)c1cccc2oc3ccc(C4=CCC=CC=C4)cc3c12. The molecule has 47 heavy (non-hydrogen) atoms. The van der Waals surface area contributed by atoms with Crippen LogP contribution in [0.3, 0.4) is 0 Å². The Morgan fingerprint density at radius 2 is 1.53 bits per heavy atom. The van der Waals surface area contributed by atoms with E-state index in [1.807, 2.05) is 42.5 Å². The molecule has 0 spiro atoms. The van der Waals surface area contributed by atoms with E-state index < -0.39 is 0 Å². The maximum absolute atomic E-state index is 6.34. The van der Waals surface area contributed by atoms with Gasteiger partial charge in [-0.15, -0.1) is 0 Å². The van der Waals surface area contributed by atoms with Gasteiger partial charge < -0.3 is 4.42 Å². The fourth-order valence-corrected chi connectivity index (χ4v) is 6.36. The van der Waals surface area contributed by atoms with Crippen molar-refractivity contribution >= 4 is 67.4 Å². The Labute approximate surface area is 273 Å². The molecule has 0 unspecified atom stereocenters. The van der Waals surface area contributed by atoms with E-state index in [4.69, 9.17) is 14.4 Å². The van der Waals surface area contributed by atoms with Gasteiger partial charge in [0.15, 0.2) is 11.7 Å². The van der Waals surface area contributed by atoms with E-state index in [-0.39, 0.29) is 0 Å². The lowest BCUT2D eigenvalue weighted by atomic mass is 9.99. The molecule has 1 aliphatic rings. The van der Waals surface area contributed by atoms with Gasteiger partial charge in [0.05, 0.1) is 6.54 Å². The molecular weight excluding hydrogens is 574 g/mol. The van der Waals surface area contributed by atoms with Crippen LogP contribution in [-0.2, 0) is 6.54 Å². The summed E-state index contributed by atoms with van der Waals surface area (Å²) in [6.07, 6.45) is 11.6. The van der Waals surface area contributed by atoms with Crippen LogP contribution in [0.1, 0.15) is 28.7 Å². The van der Waals surface area contributed by atoms with Crippen LogP contribution in [0.15, 0.2) is 171 Å². The highest BCUT2D eigenvalue weighted by Gasteiger charge is 2.17. The first-order valence-corrected chi connectivity index (χ1v) is 15.8. The van der Waals surface area contributed by atoms with E-state index in [1.165, 1.54) is 21.7 Å². The summed E-state index contributed by atoms with van der Waals surface area (Å²) >= 11 is 0. The molecule has 6 aromatic carbocycles. The Kier molecular flexibility index (Phi) is 7.44. The topological polar surface area (TPSA) is 50.2 Å². The number of rotatable bonds is 5. The summed E-state index contributed by atoms with van der Waals surface area (Å²) in [5.41, 5.74) is 6.77. The standard InChI is InChI=1S/C43H31N3O/c1-44-43(37-18-11-19-40-41(37)38-27-32(23-25-39(38)47-40)30-14-7-2-3-8-15-30)46-42(45-28-29-12-5-4-6-13-29)34-22-24-36-33(26-34)21-20-31-16-9-10-17-35(31)36/h2-7,9-27H,1,8,28H2/b45-42-,46-43-. The lowest BCUT2D eigenvalue weighted by Gasteiger charge is -2.09. The van der Waals surface area contributed by atoms with E-state index in [1.54, 1.807) is 0 Å². The van der Waals surface area contributed by atoms with Crippen molar-refractivity contribution in [1.82, 2.24) is 0 Å². The Morgan fingerprint density at radius 3 is 2.45 bits per heavy atom. The number of allylic oxidation sites excluding steroid dienone is 6. The van der Waals surface area contributed by atoms with Crippen LogP contribution < -0.4 is 0 Å². The predicted molar refractivity (Wildman–Crippen MR) is 199 cm³/mol. The number of fused-ring (bicyclic) bond motifs is 6. The van der Waals surface area contributed by atoms with Crippen LogP contribution in [-0.4, -0.2) is 18.4 Å². The van der Waals surface area contributed by atoms with E-state index in [0.29, 0.717) is 18.2 Å². The van der Waals surface area contributed by atoms with Crippen molar-refractivity contribution in [2.75, 3.05) is 0 Å². The van der Waals surface area contributed by atoms with E-state index in [2.05, 4.69) is 121 Å². The van der Waals surface area contributed by atoms with Crippen LogP contribution in [0.4, 0.5) is 0 Å². The lowest BCUT2D eigenvalue weighted by Crippen LogP contribution is -2.06. The van der Waals surface area contributed by atoms with Crippen LogP contribution in [0.5, 0.6) is 0 Å². The number of furan rings is 1. The molecule has 4 heteroatoms. The number of benzene rings is 6. The maximum Gasteiger partial charge on any atom is 0.161 e. The van der Waals surface area contributed by atoms with Crippen LogP contribution >= 0.6 is 0 Å². The largest absolute Gasteiger partial charge is 0.456 e. The van der Waals surface area contributed by atoms with Gasteiger partial charge in [-0.05, 0) is 75.6 Å². The molecule has 224 valence electrons. The normalized spacial score (nSPS) is 13.8. The van der Waals surface area contributed by atoms with Gasteiger partial charge in [0.1, 0.15) is 11.2 Å². The summed E-state index contributed by atoms with van der Waals surface area (Å²) in [4.78, 5) is 14.7. The average Bonchev–Trinajstić information content (AvgIpc) is 3.28. The fraction of sp³-hybridized carbons (Fsp3) is 0.0465. The molecule has 4 nitrogen and oxygen atoms in total. The molecule has 0 radical (unpaired) electrons. The minimum Gasteiger partial charge on any atom is -0.456 e. The molecule has 7 aromatic rings. The minimum absolute atomic E-state index is 0.486. The van der Waals surface area contributed by atoms with Crippen LogP contribution in [0, 0.1) is 0 Å². The summed E-state index contributed by atoms with van der Waals surface area (Å²) in [5, 5.41) is 6.73. The zero-order valence-electron chi connectivity index (χ0n) is 25.8. The van der Waals surface area contributed by atoms with E-state index >= 15 is 0 Å². The molecule has 0 aliphatic heterocycles. The molecule has 0 amide bonds. The highest BCUT2D eigenvalue weighted by molar-refractivity contribution is 6.22. The van der Waals surface area contributed by atoms with Crippen molar-refractivity contribution in [2.24, 2.45) is 15.0 Å². The molecule has 8 rings (SSSR count). The Bertz CT molecular complexity index is 2470. The van der Waals surface area contributed by atoms with Crippen molar-refractivity contribution < 1.29 is 4.42 Å². The first kappa shape index (κ1) is 28.4. The third-order valence-electron chi connectivity index (χ3n) is 8.69. The number of aliphatic imine (C=N–C) groups is 3. The highest BCUT2D eigenvalue weighted by atomic mass is 16.3. The summed E-state index contributed by atoms with van der Waals surface area (Å²) in [6.45, 7) is 4.45. The van der Waals surface area contributed by atoms with Crippen LogP contribution in [0.25, 0.3) is 49.1 Å². The zero-order valence-corrected chi connectivity index (χ0v) is 25.8. The average molecular weight is 606 g/mol. The molecular formula is C43H31N3O. The Morgan fingerprint density at radius 1 is 0.681 bits per heavy atom. The summed E-state index contributed by atoms with van der Waals surface area (Å²) < 4.78 is 6.34. The third kappa shape index (κ3) is 5.51. The molecule has 0 atom stereocenters. The van der Waals surface area contributed by atoms with Crippen LogP contribution in [0.2, 0.25) is 0 Å². The van der Waals surface area contributed by atoms with Gasteiger partial charge in [0.25, 0.3) is 0 Å². The van der Waals surface area contributed by atoms with Gasteiger partial charge in [0, 0.05) is 21.9 Å². The quantitative estimate of drug-likeness (QED) is 0.109. The maximum atomic E-state index is 6.34. The number of hydrogen-bond donors (Lipinski definition) is 0. The monoisotopic (exact) mass is 605 g/mol. The Hall–Kier alpha value is -6.13. The lowest BCUT2D eigenvalue weighted by molar-refractivity contribution is 0.669. The summed E-state index contributed by atoms with van der Waals surface area (Å²) in [6, 6.07) is 41.8. The molecule has 1 aliphatic carbocycles. The number of nitrogens with zero attached hydrogens (tertiary/aromatic N) is 3. The molecule has 0 saturated carbocycles. The number of amidine groups is 2. The molecule has 0 bridgehead atoms. The molecule has 0 fully saturated rings. The van der Waals surface area contributed by atoms with E-state index in [9.17, 15) is 0 Å². The van der Waals surface area contributed by atoms with Gasteiger partial charge in [-0.3, -0.25) is 4.99 Å². The summed E-state index contributed by atoms with van der Waals surface area (Å²) in [7, 11) is 0. The van der Waals surface area contributed by atoms with Gasteiger partial charge in [-0.1, -0.05) is 127 Å². The molecule has 0 saturated heterocycles. The fourth-order valence-electron chi connectivity index (χ4n) is 6.36. The Balaban J connectivity index is 1.28. The van der Waals surface area contributed by atoms with Crippen molar-refractivity contribution in [3.63, 3.8) is 0 Å². The van der Waals surface area contributed by atoms with Crippen molar-refractivity contribution in [3.8, 4) is 0 Å². The molecule has 0 N–H and O–H groups in total. The first-order chi connectivity index (χ1) is 23.2.